The van der Waals surface area contributed by atoms with Gasteiger partial charge in [-0.05, 0) is 57.0 Å². The molecule has 0 radical (unpaired) electrons. The van der Waals surface area contributed by atoms with Gasteiger partial charge in [0.2, 0.25) is 0 Å². The Labute approximate surface area is 127 Å². The van der Waals surface area contributed by atoms with Crippen LogP contribution in [0.3, 0.4) is 0 Å². The van der Waals surface area contributed by atoms with Crippen LogP contribution in [-0.4, -0.2) is 44.2 Å². The first-order valence-corrected chi connectivity index (χ1v) is 7.91. The Balaban J connectivity index is 2.02. The maximum atomic E-state index is 6.16. The summed E-state index contributed by atoms with van der Waals surface area (Å²) in [5.74, 6) is 0. The number of halogens is 1. The zero-order chi connectivity index (χ0) is 14.5. The molecule has 1 aliphatic heterocycles. The van der Waals surface area contributed by atoms with E-state index in [1.807, 2.05) is 13.0 Å². The molecule has 0 spiro atoms. The molecule has 0 aliphatic carbocycles. The predicted molar refractivity (Wildman–Crippen MR) is 87.7 cm³/mol. The number of nitrogens with two attached hydrogens (primary N) is 1. The minimum atomic E-state index is 0.168. The van der Waals surface area contributed by atoms with Crippen molar-refractivity contribution in [2.24, 2.45) is 5.73 Å². The van der Waals surface area contributed by atoms with Crippen molar-refractivity contribution in [2.45, 2.75) is 32.2 Å². The van der Waals surface area contributed by atoms with Crippen molar-refractivity contribution in [2.75, 3.05) is 38.1 Å². The molecule has 2 N–H and O–H groups in total. The van der Waals surface area contributed by atoms with Gasteiger partial charge in [0.15, 0.2) is 0 Å². The minimum Gasteiger partial charge on any atom is -0.373 e. The van der Waals surface area contributed by atoms with Gasteiger partial charge in [0.05, 0.1) is 0 Å². The Bertz CT molecular complexity index is 428. The van der Waals surface area contributed by atoms with Gasteiger partial charge in [0.25, 0.3) is 0 Å². The van der Waals surface area contributed by atoms with Gasteiger partial charge in [0, 0.05) is 36.9 Å². The molecule has 0 saturated carbocycles. The third kappa shape index (κ3) is 4.37. The number of hydrogen-bond donors (Lipinski definition) is 1. The summed E-state index contributed by atoms with van der Waals surface area (Å²) in [5.41, 5.74) is 8.45. The van der Waals surface area contributed by atoms with Crippen molar-refractivity contribution in [3.63, 3.8) is 0 Å². The van der Waals surface area contributed by atoms with Crippen LogP contribution in [-0.2, 0) is 6.42 Å². The van der Waals surface area contributed by atoms with E-state index in [1.54, 1.807) is 0 Å². The van der Waals surface area contributed by atoms with E-state index < -0.39 is 0 Å². The molecule has 1 saturated heterocycles. The zero-order valence-electron chi connectivity index (χ0n) is 12.6. The van der Waals surface area contributed by atoms with Crippen molar-refractivity contribution < 1.29 is 0 Å². The highest BCUT2D eigenvalue weighted by molar-refractivity contribution is 6.30. The molecular weight excluding hydrogens is 270 g/mol. The minimum absolute atomic E-state index is 0.168. The molecule has 1 unspecified atom stereocenters. The summed E-state index contributed by atoms with van der Waals surface area (Å²) in [6, 6.07) is 6.29. The number of anilines is 1. The van der Waals surface area contributed by atoms with Crippen LogP contribution in [0, 0.1) is 0 Å². The van der Waals surface area contributed by atoms with Crippen molar-refractivity contribution >= 4 is 17.3 Å². The summed E-state index contributed by atoms with van der Waals surface area (Å²) >= 11 is 6.16. The number of likely N-dealkylation sites (N-methyl/N-ethyl adjacent to an activating group) is 1. The van der Waals surface area contributed by atoms with Gasteiger partial charge in [0.1, 0.15) is 0 Å². The first-order chi connectivity index (χ1) is 9.56. The molecule has 0 amide bonds. The molecule has 0 aromatic heterocycles. The third-order valence-electron chi connectivity index (χ3n) is 3.95. The second kappa shape index (κ2) is 7.30. The van der Waals surface area contributed by atoms with E-state index >= 15 is 0 Å². The van der Waals surface area contributed by atoms with Gasteiger partial charge in [-0.2, -0.15) is 0 Å². The molecule has 3 nitrogen and oxygen atoms in total. The normalized spacial score (nSPS) is 17.4. The van der Waals surface area contributed by atoms with Crippen molar-refractivity contribution in [3.05, 3.63) is 28.8 Å². The Kier molecular flexibility index (Phi) is 5.70. The Hall–Kier alpha value is -0.770. The number of likely N-dealkylation sites (tertiary alicyclic amines) is 1. The molecule has 20 heavy (non-hydrogen) atoms. The number of rotatable bonds is 6. The van der Waals surface area contributed by atoms with Crippen LogP contribution >= 0.6 is 11.6 Å². The topological polar surface area (TPSA) is 32.5 Å². The highest BCUT2D eigenvalue weighted by Gasteiger charge is 2.14. The van der Waals surface area contributed by atoms with Gasteiger partial charge < -0.3 is 15.5 Å². The fourth-order valence-corrected chi connectivity index (χ4v) is 3.00. The second-order valence-electron chi connectivity index (χ2n) is 5.92. The van der Waals surface area contributed by atoms with E-state index in [1.165, 1.54) is 37.2 Å². The first-order valence-electron chi connectivity index (χ1n) is 7.54. The average molecular weight is 296 g/mol. The fourth-order valence-electron chi connectivity index (χ4n) is 2.83. The molecular formula is C16H26ClN3. The highest BCUT2D eigenvalue weighted by atomic mass is 35.5. The van der Waals surface area contributed by atoms with Gasteiger partial charge in [-0.25, -0.2) is 0 Å². The Morgan fingerprint density at radius 3 is 2.70 bits per heavy atom. The molecule has 1 aromatic rings. The van der Waals surface area contributed by atoms with Crippen LogP contribution < -0.4 is 10.6 Å². The highest BCUT2D eigenvalue weighted by Crippen LogP contribution is 2.25. The number of benzene rings is 1. The van der Waals surface area contributed by atoms with E-state index in [9.17, 15) is 0 Å². The lowest BCUT2D eigenvalue weighted by Gasteiger charge is -2.26. The molecule has 1 atom stereocenters. The van der Waals surface area contributed by atoms with Crippen LogP contribution in [0.1, 0.15) is 25.3 Å². The summed E-state index contributed by atoms with van der Waals surface area (Å²) in [4.78, 5) is 4.84. The first kappa shape index (κ1) is 15.6. The predicted octanol–water partition coefficient (Wildman–Crippen LogP) is 2.76. The standard InChI is InChI=1S/C16H26ClN3/c1-13(18)11-14-5-6-15(17)12-16(14)19(2)9-10-20-7-3-4-8-20/h5-6,12-13H,3-4,7-11,18H2,1-2H3. The largest absolute Gasteiger partial charge is 0.373 e. The van der Waals surface area contributed by atoms with E-state index in [-0.39, 0.29) is 6.04 Å². The molecule has 1 aliphatic rings. The van der Waals surface area contributed by atoms with Crippen LogP contribution in [0.5, 0.6) is 0 Å². The maximum absolute atomic E-state index is 6.16. The van der Waals surface area contributed by atoms with Crippen LogP contribution in [0.15, 0.2) is 18.2 Å². The van der Waals surface area contributed by atoms with Gasteiger partial charge in [-0.15, -0.1) is 0 Å². The van der Waals surface area contributed by atoms with Crippen LogP contribution in [0.25, 0.3) is 0 Å². The van der Waals surface area contributed by atoms with Crippen LogP contribution in [0.2, 0.25) is 5.02 Å². The average Bonchev–Trinajstić information content (AvgIpc) is 2.90. The van der Waals surface area contributed by atoms with Crippen LogP contribution in [0.4, 0.5) is 5.69 Å². The van der Waals surface area contributed by atoms with Gasteiger partial charge >= 0.3 is 0 Å². The second-order valence-corrected chi connectivity index (χ2v) is 6.36. The zero-order valence-corrected chi connectivity index (χ0v) is 13.4. The molecule has 2 rings (SSSR count). The van der Waals surface area contributed by atoms with E-state index in [0.717, 1.165) is 24.5 Å². The number of nitrogens with zero attached hydrogens (tertiary/aromatic N) is 2. The maximum Gasteiger partial charge on any atom is 0.0426 e. The van der Waals surface area contributed by atoms with Gasteiger partial charge in [-0.3, -0.25) is 0 Å². The molecule has 112 valence electrons. The van der Waals surface area contributed by atoms with E-state index in [2.05, 4.69) is 29.0 Å². The van der Waals surface area contributed by atoms with Crippen molar-refractivity contribution in [3.8, 4) is 0 Å². The Morgan fingerprint density at radius 1 is 1.35 bits per heavy atom. The fraction of sp³-hybridized carbons (Fsp3) is 0.625. The van der Waals surface area contributed by atoms with E-state index in [4.69, 9.17) is 17.3 Å². The quantitative estimate of drug-likeness (QED) is 0.876. The molecule has 1 heterocycles. The van der Waals surface area contributed by atoms with Gasteiger partial charge in [-0.1, -0.05) is 17.7 Å². The van der Waals surface area contributed by atoms with E-state index in [0.29, 0.717) is 0 Å². The monoisotopic (exact) mass is 295 g/mol. The van der Waals surface area contributed by atoms with Crippen molar-refractivity contribution in [1.82, 2.24) is 4.90 Å². The number of hydrogen-bond acceptors (Lipinski definition) is 3. The summed E-state index contributed by atoms with van der Waals surface area (Å²) < 4.78 is 0. The lowest BCUT2D eigenvalue weighted by Crippen LogP contribution is -2.32. The molecule has 1 aromatic carbocycles. The lowest BCUT2D eigenvalue weighted by atomic mass is 10.0. The smallest absolute Gasteiger partial charge is 0.0426 e. The summed E-state index contributed by atoms with van der Waals surface area (Å²) in [6.45, 7) is 6.70. The Morgan fingerprint density at radius 2 is 2.05 bits per heavy atom. The van der Waals surface area contributed by atoms with Crippen molar-refractivity contribution in [1.29, 1.82) is 0 Å². The molecule has 0 bridgehead atoms. The summed E-state index contributed by atoms with van der Waals surface area (Å²) in [7, 11) is 2.15. The summed E-state index contributed by atoms with van der Waals surface area (Å²) in [5, 5.41) is 0.793. The molecule has 4 heteroatoms. The SMILES string of the molecule is CC(N)Cc1ccc(Cl)cc1N(C)CCN1CCCC1. The summed E-state index contributed by atoms with van der Waals surface area (Å²) in [6.07, 6.45) is 3.58. The lowest BCUT2D eigenvalue weighted by molar-refractivity contribution is 0.346. The third-order valence-corrected chi connectivity index (χ3v) is 4.19. The molecule has 1 fully saturated rings.